The third kappa shape index (κ3) is 6.75. The quantitative estimate of drug-likeness (QED) is 0.0411. The molecule has 5 heterocycles. The average Bonchev–Trinajstić information content (AvgIpc) is 3.79. The molecule has 1 aromatic heterocycles. The summed E-state index contributed by atoms with van der Waals surface area (Å²) in [5.41, 5.74) is 4.84. The van der Waals surface area contributed by atoms with Crippen LogP contribution >= 0.6 is 34.7 Å². The van der Waals surface area contributed by atoms with Crippen LogP contribution in [0.25, 0.3) is 0 Å². The van der Waals surface area contributed by atoms with Crippen LogP contribution in [0.3, 0.4) is 0 Å². The Morgan fingerprint density at radius 1 is 1.25 bits per heavy atom. The number of amides is 3. The lowest BCUT2D eigenvalue weighted by atomic mass is 9.84. The molecule has 0 aliphatic carbocycles. The number of carboxylic acid groups (broad SMARTS) is 1. The number of phenols is 2. The minimum atomic E-state index is -1.76. The summed E-state index contributed by atoms with van der Waals surface area (Å²) >= 11 is 8.44. The Morgan fingerprint density at radius 3 is 2.54 bits per heavy atom. The van der Waals surface area contributed by atoms with Gasteiger partial charge < -0.3 is 46.1 Å². The zero-order valence-electron chi connectivity index (χ0n) is 28.5. The second-order valence-corrected chi connectivity index (χ2v) is 16.9. The number of rotatable bonds is 12. The van der Waals surface area contributed by atoms with Gasteiger partial charge in [-0.05, 0) is 32.9 Å². The third-order valence-electron chi connectivity index (χ3n) is 10.2. The van der Waals surface area contributed by atoms with E-state index < -0.39 is 52.2 Å². The van der Waals surface area contributed by atoms with E-state index in [9.17, 15) is 39.6 Å². The molecule has 1 aromatic carbocycles. The summed E-state index contributed by atoms with van der Waals surface area (Å²) in [5.74, 6) is -4.25. The molecule has 2 aromatic rings. The number of halogens is 1. The fourth-order valence-corrected chi connectivity index (χ4v) is 9.46. The molecule has 0 radical (unpaired) electrons. The number of β-lactam (4-membered cyclic amide) rings is 1. The number of fused-ring (bicyclic) bond motifs is 3. The van der Waals surface area contributed by atoms with Crippen molar-refractivity contribution < 1.29 is 48.9 Å². The number of carbonyl (C=O) groups is 4. The summed E-state index contributed by atoms with van der Waals surface area (Å²) in [5, 5.41) is 50.1. The van der Waals surface area contributed by atoms with Crippen molar-refractivity contribution in [3.05, 3.63) is 57.4 Å². The average molecular weight is 777 g/mol. The number of nitrogens with zero attached hydrogens (tertiary/aromatic N) is 4. The molecule has 52 heavy (non-hydrogen) atoms. The van der Waals surface area contributed by atoms with Crippen molar-refractivity contribution in [1.29, 1.82) is 0 Å². The number of oxime groups is 1. The van der Waals surface area contributed by atoms with Gasteiger partial charge in [0, 0.05) is 46.6 Å². The smallest absolute Gasteiger partial charge is 0.350 e. The van der Waals surface area contributed by atoms with E-state index in [-0.39, 0.29) is 43.5 Å². The Balaban J connectivity index is 1.16. The van der Waals surface area contributed by atoms with Crippen LogP contribution in [0.15, 0.2) is 46.3 Å². The van der Waals surface area contributed by atoms with Gasteiger partial charge in [0.1, 0.15) is 29.4 Å². The Bertz CT molecular complexity index is 1920. The number of nitrogen functional groups attached to an aromatic ring is 1. The van der Waals surface area contributed by atoms with E-state index in [4.69, 9.17) is 22.2 Å². The zero-order chi connectivity index (χ0) is 37.9. The number of aliphatic carboxylic acids is 1. The van der Waals surface area contributed by atoms with Crippen molar-refractivity contribution in [2.45, 2.75) is 55.9 Å². The van der Waals surface area contributed by atoms with Crippen molar-refractivity contribution in [2.24, 2.45) is 10.6 Å². The number of quaternary nitrogens is 1. The van der Waals surface area contributed by atoms with Crippen molar-refractivity contribution in [1.82, 2.24) is 20.5 Å². The van der Waals surface area contributed by atoms with Crippen LogP contribution in [0.2, 0.25) is 5.02 Å². The Morgan fingerprint density at radius 2 is 1.94 bits per heavy atom. The summed E-state index contributed by atoms with van der Waals surface area (Å²) < 4.78 is 0.703. The van der Waals surface area contributed by atoms with Crippen LogP contribution in [0.5, 0.6) is 11.5 Å². The lowest BCUT2D eigenvalue weighted by molar-refractivity contribution is -0.905. The van der Waals surface area contributed by atoms with E-state index >= 15 is 0 Å². The Labute approximate surface area is 311 Å². The van der Waals surface area contributed by atoms with Gasteiger partial charge in [-0.1, -0.05) is 23.3 Å². The SMILES string of the molecule is C=C(O)C1=C(C[N+]23CCC(CNC(=O)c4cc(O)c(O)c(Cl)c4)(CC2)C3)[C@H](C)S[C@@H]2[C@H](NC(=O)/C(=N\OC(C)(C)C(=O)O)c3csc(N)n3)C(=O)N12. The first kappa shape index (κ1) is 37.2. The predicted octanol–water partition coefficient (Wildman–Crippen LogP) is 2.53. The monoisotopic (exact) mass is 776 g/mol. The van der Waals surface area contributed by atoms with Crippen LogP contribution < -0.4 is 16.4 Å². The molecular weight excluding hydrogens is 738 g/mol. The van der Waals surface area contributed by atoms with E-state index in [2.05, 4.69) is 27.4 Å². The highest BCUT2D eigenvalue weighted by atomic mass is 35.5. The number of aliphatic hydroxyl groups excluding tert-OH is 1. The number of benzene rings is 1. The van der Waals surface area contributed by atoms with E-state index in [0.717, 1.165) is 55.5 Å². The molecule has 0 spiro atoms. The number of carbonyl (C=O) groups excluding carboxylic acids is 3. The first-order valence-corrected chi connectivity index (χ1v) is 18.5. The zero-order valence-corrected chi connectivity index (χ0v) is 30.9. The summed E-state index contributed by atoms with van der Waals surface area (Å²) in [7, 11) is 0. The molecule has 8 N–H and O–H groups in total. The highest BCUT2D eigenvalue weighted by Gasteiger charge is 2.59. The van der Waals surface area contributed by atoms with Crippen LogP contribution in [-0.2, 0) is 19.2 Å². The van der Waals surface area contributed by atoms with Gasteiger partial charge in [0.05, 0.1) is 30.4 Å². The number of aliphatic hydroxyl groups is 1. The van der Waals surface area contributed by atoms with Gasteiger partial charge in [-0.3, -0.25) is 19.3 Å². The lowest BCUT2D eigenvalue weighted by Gasteiger charge is -2.52. The highest BCUT2D eigenvalue weighted by Crippen LogP contribution is 2.50. The number of anilines is 1. The van der Waals surface area contributed by atoms with Crippen molar-refractivity contribution in [3.8, 4) is 11.5 Å². The molecule has 16 nitrogen and oxygen atoms in total. The summed E-state index contributed by atoms with van der Waals surface area (Å²) in [4.78, 5) is 62.4. The largest absolute Gasteiger partial charge is 0.506 e. The number of phenolic OH excluding ortho intramolecular Hbond substituents is 2. The molecule has 3 atom stereocenters. The molecule has 3 amide bonds. The van der Waals surface area contributed by atoms with Gasteiger partial charge in [-0.25, -0.2) is 9.78 Å². The summed E-state index contributed by atoms with van der Waals surface area (Å²) in [6, 6.07) is 1.46. The topological polar surface area (TPSA) is 237 Å². The maximum atomic E-state index is 13.7. The van der Waals surface area contributed by atoms with Gasteiger partial charge in [-0.15, -0.1) is 23.1 Å². The molecule has 4 aliphatic heterocycles. The fraction of sp³-hybridized carbons (Fsp3) is 0.455. The van der Waals surface area contributed by atoms with Crippen LogP contribution in [-0.4, -0.2) is 119 Å². The summed E-state index contributed by atoms with van der Waals surface area (Å²) in [6.45, 7) is 11.7. The molecule has 3 saturated heterocycles. The number of aromatic hydroxyl groups is 2. The second kappa shape index (κ2) is 13.5. The standard InChI is InChI=1S/C33H38ClN7O9S2/c1-15(42)24-18(11-41-7-5-33(14-41,6-8-41)13-36-26(45)17-9-19(34)25(44)21(43)10-17)16(2)52-29-23(28(47)40(24)29)38-27(46)22(20-12-51-31(35)37-20)39-50-32(3,4)30(48)49/h9-10,12,16,23,29H,1,5-8,11,13-14H2,2-4H3,(H7-,35,36,37,38,39,42,43,44,45,46,48,49)/p+1/t16-,23+,29+,33?,41?/m0/s1. The van der Waals surface area contributed by atoms with Crippen molar-refractivity contribution >= 4 is 69.2 Å². The summed E-state index contributed by atoms with van der Waals surface area (Å²) in [6.07, 6.45) is 1.70. The molecule has 2 bridgehead atoms. The normalized spacial score (nSPS) is 26.8. The van der Waals surface area contributed by atoms with Crippen molar-refractivity contribution in [2.75, 3.05) is 38.5 Å². The molecule has 0 unspecified atom stereocenters. The van der Waals surface area contributed by atoms with Gasteiger partial charge >= 0.3 is 5.97 Å². The number of thiazole rings is 1. The molecule has 19 heteroatoms. The molecule has 0 saturated carbocycles. The van der Waals surface area contributed by atoms with Gasteiger partial charge in [0.2, 0.25) is 5.60 Å². The van der Waals surface area contributed by atoms with E-state index in [1.807, 2.05) is 6.92 Å². The van der Waals surface area contributed by atoms with Crippen LogP contribution in [0.1, 0.15) is 49.7 Å². The number of thioether (sulfide) groups is 1. The molecule has 3 fully saturated rings. The molecule has 278 valence electrons. The number of hydrogen-bond acceptors (Lipinski definition) is 13. The predicted molar refractivity (Wildman–Crippen MR) is 193 cm³/mol. The molecular formula is C33H39ClN7O9S2+. The van der Waals surface area contributed by atoms with Gasteiger partial charge in [0.15, 0.2) is 22.3 Å². The number of hydrogen-bond donors (Lipinski definition) is 7. The third-order valence-corrected chi connectivity index (χ3v) is 12.6. The van der Waals surface area contributed by atoms with Crippen molar-refractivity contribution in [3.63, 3.8) is 0 Å². The molecule has 6 rings (SSSR count). The number of carboxylic acids is 1. The molecule has 4 aliphatic rings. The van der Waals surface area contributed by atoms with Gasteiger partial charge in [0.25, 0.3) is 17.7 Å². The van der Waals surface area contributed by atoms with E-state index in [1.54, 1.807) is 0 Å². The first-order valence-electron chi connectivity index (χ1n) is 16.3. The maximum Gasteiger partial charge on any atom is 0.350 e. The second-order valence-electron chi connectivity index (χ2n) is 14.2. The minimum Gasteiger partial charge on any atom is -0.506 e. The first-order chi connectivity index (χ1) is 24.4. The van der Waals surface area contributed by atoms with E-state index in [0.29, 0.717) is 23.3 Å². The highest BCUT2D eigenvalue weighted by molar-refractivity contribution is 8.00. The van der Waals surface area contributed by atoms with E-state index in [1.165, 1.54) is 42.0 Å². The van der Waals surface area contributed by atoms with Gasteiger partial charge in [-0.2, -0.15) is 0 Å². The van der Waals surface area contributed by atoms with Crippen LogP contribution in [0, 0.1) is 5.41 Å². The number of piperidine rings is 1. The Kier molecular flexibility index (Phi) is 9.65. The van der Waals surface area contributed by atoms with Crippen LogP contribution in [0.4, 0.5) is 5.13 Å². The Hall–Kier alpha value is -4.52. The number of aromatic nitrogens is 1. The fourth-order valence-electron chi connectivity index (χ4n) is 7.26. The minimum absolute atomic E-state index is 0.0472. The number of nitrogens with two attached hydrogens (primary N) is 1. The number of nitrogens with one attached hydrogen (secondary N) is 2. The lowest BCUT2D eigenvalue weighted by Crippen LogP contribution is -2.71. The maximum absolute atomic E-state index is 13.7.